The molecule has 0 radical (unpaired) electrons. The molecule has 1 saturated heterocycles. The molecule has 5 rings (SSSR count). The molecule has 1 N–H and O–H groups in total. The Kier molecular flexibility index (Phi) is 4.99. The molecule has 1 aliphatic heterocycles. The van der Waals surface area contributed by atoms with Crippen molar-refractivity contribution in [2.24, 2.45) is 0 Å². The monoisotopic (exact) mass is 429 g/mol. The zero-order chi connectivity index (χ0) is 21.4. The van der Waals surface area contributed by atoms with Gasteiger partial charge in [-0.1, -0.05) is 17.8 Å². The van der Waals surface area contributed by atoms with Crippen molar-refractivity contribution < 1.29 is 9.59 Å². The SMILES string of the molecule is Cc1ccc(Sc2cc3nc(-c4ccccn4)[nH]c3cc2CN2C(=O)CCC2=O)cn1. The minimum absolute atomic E-state index is 0.128. The van der Waals surface area contributed by atoms with Gasteiger partial charge in [0.25, 0.3) is 0 Å². The minimum Gasteiger partial charge on any atom is -0.337 e. The van der Waals surface area contributed by atoms with Crippen molar-refractivity contribution in [2.45, 2.75) is 36.1 Å². The van der Waals surface area contributed by atoms with Crippen molar-refractivity contribution in [3.8, 4) is 11.5 Å². The number of aromatic nitrogens is 4. The van der Waals surface area contributed by atoms with Gasteiger partial charge in [0, 0.05) is 40.7 Å². The zero-order valence-electron chi connectivity index (χ0n) is 16.8. The largest absolute Gasteiger partial charge is 0.337 e. The summed E-state index contributed by atoms with van der Waals surface area (Å²) in [5.41, 5.74) is 4.22. The number of likely N-dealkylation sites (tertiary alicyclic amines) is 1. The van der Waals surface area contributed by atoms with E-state index >= 15 is 0 Å². The van der Waals surface area contributed by atoms with Crippen molar-refractivity contribution in [3.05, 3.63) is 66.1 Å². The quantitative estimate of drug-likeness (QED) is 0.480. The number of pyridine rings is 2. The number of hydrogen-bond donors (Lipinski definition) is 1. The van der Waals surface area contributed by atoms with Crippen molar-refractivity contribution in [2.75, 3.05) is 0 Å². The first-order valence-electron chi connectivity index (χ1n) is 9.94. The van der Waals surface area contributed by atoms with Gasteiger partial charge in [0.05, 0.1) is 17.6 Å². The summed E-state index contributed by atoms with van der Waals surface area (Å²) < 4.78 is 0. The number of H-pyrrole nitrogens is 1. The van der Waals surface area contributed by atoms with Crippen LogP contribution in [0.5, 0.6) is 0 Å². The third-order valence-corrected chi connectivity index (χ3v) is 6.24. The van der Waals surface area contributed by atoms with Gasteiger partial charge in [-0.3, -0.25) is 24.5 Å². The zero-order valence-corrected chi connectivity index (χ0v) is 17.6. The lowest BCUT2D eigenvalue weighted by Gasteiger charge is -2.16. The molecule has 1 fully saturated rings. The third kappa shape index (κ3) is 3.94. The summed E-state index contributed by atoms with van der Waals surface area (Å²) in [6, 6.07) is 13.6. The van der Waals surface area contributed by atoms with Gasteiger partial charge in [0.1, 0.15) is 5.69 Å². The second kappa shape index (κ2) is 7.96. The maximum Gasteiger partial charge on any atom is 0.229 e. The molecule has 2 amide bonds. The number of carbonyl (C=O) groups is 2. The summed E-state index contributed by atoms with van der Waals surface area (Å²) in [5.74, 6) is 0.419. The van der Waals surface area contributed by atoms with Crippen LogP contribution in [0.3, 0.4) is 0 Å². The summed E-state index contributed by atoms with van der Waals surface area (Å²) in [6.07, 6.45) is 4.10. The molecule has 4 aromatic rings. The summed E-state index contributed by atoms with van der Waals surface area (Å²) in [6.45, 7) is 2.19. The Bertz CT molecular complexity index is 1270. The van der Waals surface area contributed by atoms with Crippen LogP contribution in [-0.4, -0.2) is 36.7 Å². The molecule has 1 aliphatic rings. The highest BCUT2D eigenvalue weighted by Gasteiger charge is 2.29. The van der Waals surface area contributed by atoms with E-state index in [4.69, 9.17) is 4.98 Å². The second-order valence-corrected chi connectivity index (χ2v) is 8.50. The van der Waals surface area contributed by atoms with Gasteiger partial charge < -0.3 is 4.98 Å². The average Bonchev–Trinajstić information content (AvgIpc) is 3.34. The topological polar surface area (TPSA) is 91.8 Å². The van der Waals surface area contributed by atoms with E-state index in [1.165, 1.54) is 4.90 Å². The smallest absolute Gasteiger partial charge is 0.229 e. The maximum atomic E-state index is 12.2. The number of imidazole rings is 1. The molecule has 0 unspecified atom stereocenters. The first-order valence-corrected chi connectivity index (χ1v) is 10.8. The van der Waals surface area contributed by atoms with Crippen molar-refractivity contribution in [3.63, 3.8) is 0 Å². The number of nitrogens with zero attached hydrogens (tertiary/aromatic N) is 4. The van der Waals surface area contributed by atoms with E-state index in [0.29, 0.717) is 5.82 Å². The summed E-state index contributed by atoms with van der Waals surface area (Å²) in [4.78, 5) is 44.4. The molecule has 8 heteroatoms. The highest BCUT2D eigenvalue weighted by Crippen LogP contribution is 2.35. The van der Waals surface area contributed by atoms with E-state index in [1.807, 2.05) is 55.6 Å². The summed E-state index contributed by atoms with van der Waals surface area (Å²) in [5, 5.41) is 0. The first kappa shape index (κ1) is 19.4. The van der Waals surface area contributed by atoms with Crippen molar-refractivity contribution >= 4 is 34.6 Å². The van der Waals surface area contributed by atoms with Crippen LogP contribution in [0, 0.1) is 6.92 Å². The molecule has 3 aromatic heterocycles. The van der Waals surface area contributed by atoms with Crippen LogP contribution in [0.15, 0.2) is 64.6 Å². The Labute approximate surface area is 182 Å². The predicted molar refractivity (Wildman–Crippen MR) is 117 cm³/mol. The molecule has 0 spiro atoms. The van der Waals surface area contributed by atoms with E-state index in [0.717, 1.165) is 37.8 Å². The summed E-state index contributed by atoms with van der Waals surface area (Å²) in [7, 11) is 0. The number of nitrogens with one attached hydrogen (secondary N) is 1. The normalized spacial score (nSPS) is 14.0. The molecule has 7 nitrogen and oxygen atoms in total. The van der Waals surface area contributed by atoms with Crippen molar-refractivity contribution in [1.82, 2.24) is 24.8 Å². The van der Waals surface area contributed by atoms with E-state index in [1.54, 1.807) is 18.0 Å². The van der Waals surface area contributed by atoms with Crippen LogP contribution in [-0.2, 0) is 16.1 Å². The Morgan fingerprint density at radius 2 is 1.90 bits per heavy atom. The maximum absolute atomic E-state index is 12.2. The highest BCUT2D eigenvalue weighted by molar-refractivity contribution is 7.99. The lowest BCUT2D eigenvalue weighted by molar-refractivity contribution is -0.139. The summed E-state index contributed by atoms with van der Waals surface area (Å²) >= 11 is 1.55. The lowest BCUT2D eigenvalue weighted by Crippen LogP contribution is -2.28. The molecule has 0 saturated carbocycles. The highest BCUT2D eigenvalue weighted by atomic mass is 32.2. The van der Waals surface area contributed by atoms with Crippen LogP contribution in [0.25, 0.3) is 22.6 Å². The number of fused-ring (bicyclic) bond motifs is 1. The van der Waals surface area contributed by atoms with Crippen molar-refractivity contribution in [1.29, 1.82) is 0 Å². The fourth-order valence-corrected chi connectivity index (χ4v) is 4.46. The van der Waals surface area contributed by atoms with Gasteiger partial charge in [0.15, 0.2) is 5.82 Å². The number of rotatable bonds is 5. The fraction of sp³-hybridized carbons (Fsp3) is 0.174. The second-order valence-electron chi connectivity index (χ2n) is 7.39. The molecule has 154 valence electrons. The molecular weight excluding hydrogens is 410 g/mol. The predicted octanol–water partition coefficient (Wildman–Crippen LogP) is 4.13. The van der Waals surface area contributed by atoms with E-state index in [9.17, 15) is 9.59 Å². The minimum atomic E-state index is -0.128. The lowest BCUT2D eigenvalue weighted by atomic mass is 10.2. The van der Waals surface area contributed by atoms with E-state index in [-0.39, 0.29) is 31.2 Å². The molecule has 31 heavy (non-hydrogen) atoms. The van der Waals surface area contributed by atoms with Crippen LogP contribution >= 0.6 is 11.8 Å². The Morgan fingerprint density at radius 3 is 2.61 bits per heavy atom. The van der Waals surface area contributed by atoms with Gasteiger partial charge in [-0.25, -0.2) is 4.98 Å². The number of hydrogen-bond acceptors (Lipinski definition) is 6. The Morgan fingerprint density at radius 1 is 1.06 bits per heavy atom. The number of carbonyl (C=O) groups excluding carboxylic acids is 2. The van der Waals surface area contributed by atoms with Gasteiger partial charge in [-0.2, -0.15) is 0 Å². The fourth-order valence-electron chi connectivity index (χ4n) is 3.54. The molecule has 0 bridgehead atoms. The molecule has 0 atom stereocenters. The van der Waals surface area contributed by atoms with E-state index in [2.05, 4.69) is 15.0 Å². The van der Waals surface area contributed by atoms with Crippen LogP contribution < -0.4 is 0 Å². The number of aromatic amines is 1. The standard InChI is InChI=1S/C23H19N5O2S/c1-14-5-6-16(12-25-14)31-20-11-19-18(26-23(27-19)17-4-2-3-9-24-17)10-15(20)13-28-21(29)7-8-22(28)30/h2-6,9-12H,7-8,13H2,1H3,(H,26,27). The molecule has 1 aromatic carbocycles. The number of imide groups is 1. The van der Waals surface area contributed by atoms with E-state index < -0.39 is 0 Å². The number of aryl methyl sites for hydroxylation is 1. The van der Waals surface area contributed by atoms with Gasteiger partial charge in [0.2, 0.25) is 11.8 Å². The third-order valence-electron chi connectivity index (χ3n) is 5.17. The molecular formula is C23H19N5O2S. The first-order chi connectivity index (χ1) is 15.1. The van der Waals surface area contributed by atoms with Gasteiger partial charge in [-0.15, -0.1) is 0 Å². The van der Waals surface area contributed by atoms with Crippen LogP contribution in [0.4, 0.5) is 0 Å². The van der Waals surface area contributed by atoms with Gasteiger partial charge >= 0.3 is 0 Å². The van der Waals surface area contributed by atoms with Gasteiger partial charge in [-0.05, 0) is 48.9 Å². The Balaban J connectivity index is 1.57. The number of amides is 2. The van der Waals surface area contributed by atoms with Crippen LogP contribution in [0.2, 0.25) is 0 Å². The Hall–Kier alpha value is -3.52. The van der Waals surface area contributed by atoms with Crippen LogP contribution in [0.1, 0.15) is 24.1 Å². The number of benzene rings is 1. The molecule has 0 aliphatic carbocycles. The molecule has 4 heterocycles. The average molecular weight is 430 g/mol.